The Morgan fingerprint density at radius 3 is 2.57 bits per heavy atom. The van der Waals surface area contributed by atoms with Crippen LogP contribution in [0.3, 0.4) is 0 Å². The van der Waals surface area contributed by atoms with Crippen molar-refractivity contribution < 1.29 is 9.15 Å². The molecule has 150 valence electrons. The van der Waals surface area contributed by atoms with Crippen molar-refractivity contribution in [2.75, 3.05) is 6.61 Å². The summed E-state index contributed by atoms with van der Waals surface area (Å²) in [7, 11) is 0. The maximum Gasteiger partial charge on any atom is 0.277 e. The van der Waals surface area contributed by atoms with Crippen LogP contribution in [0.2, 0.25) is 0 Å². The molecular weight excluding hydrogens is 398 g/mol. The van der Waals surface area contributed by atoms with E-state index in [0.717, 1.165) is 22.7 Å². The molecule has 0 amide bonds. The highest BCUT2D eigenvalue weighted by atomic mass is 32.2. The predicted octanol–water partition coefficient (Wildman–Crippen LogP) is 4.79. The largest absolute Gasteiger partial charge is 0.494 e. The lowest BCUT2D eigenvalue weighted by molar-refractivity contribution is 0.340. The number of aromatic nitrogens is 4. The minimum atomic E-state index is 0.432. The third kappa shape index (κ3) is 4.07. The quantitative estimate of drug-likeness (QED) is 0.399. The Hall–Kier alpha value is -3.57. The van der Waals surface area contributed by atoms with E-state index in [1.54, 1.807) is 4.68 Å². The molecule has 2 aromatic carbocycles. The van der Waals surface area contributed by atoms with Crippen molar-refractivity contribution in [1.82, 2.24) is 20.0 Å². The van der Waals surface area contributed by atoms with E-state index in [1.165, 1.54) is 11.8 Å². The number of ether oxygens (including phenoxy) is 1. The van der Waals surface area contributed by atoms with E-state index in [0.29, 0.717) is 34.7 Å². The molecule has 0 saturated carbocycles. The first-order valence-electron chi connectivity index (χ1n) is 9.43. The van der Waals surface area contributed by atoms with Crippen LogP contribution in [0.25, 0.3) is 17.1 Å². The highest BCUT2D eigenvalue weighted by Crippen LogP contribution is 2.29. The van der Waals surface area contributed by atoms with Gasteiger partial charge in [0.1, 0.15) is 11.8 Å². The summed E-state index contributed by atoms with van der Waals surface area (Å²) in [5.74, 6) is 1.71. The van der Waals surface area contributed by atoms with E-state index in [-0.39, 0.29) is 0 Å². The summed E-state index contributed by atoms with van der Waals surface area (Å²) in [4.78, 5) is 0. The molecule has 2 aromatic heterocycles. The summed E-state index contributed by atoms with van der Waals surface area (Å²) < 4.78 is 13.1. The zero-order valence-corrected chi connectivity index (χ0v) is 17.4. The normalized spacial score (nSPS) is 10.7. The number of rotatable bonds is 7. The van der Waals surface area contributed by atoms with E-state index in [1.807, 2.05) is 68.4 Å². The Kier molecular flexibility index (Phi) is 5.82. The molecule has 8 heteroatoms. The standard InChI is InChI=1S/C22H19N5O2S/c1-3-28-18-11-9-16(10-12-18)21-24-25-22(29-21)30-14-20-19(13-23)15(2)26-27(20)17-7-5-4-6-8-17/h4-12H,3,14H2,1-2H3. The number of benzene rings is 2. The smallest absolute Gasteiger partial charge is 0.277 e. The van der Waals surface area contributed by atoms with Gasteiger partial charge in [-0.25, -0.2) is 4.68 Å². The molecule has 0 fully saturated rings. The summed E-state index contributed by atoms with van der Waals surface area (Å²) in [5, 5.41) is 22.8. The molecule has 0 saturated heterocycles. The summed E-state index contributed by atoms with van der Waals surface area (Å²) in [6, 6.07) is 19.5. The average molecular weight is 417 g/mol. The SMILES string of the molecule is CCOc1ccc(-c2nnc(SCc3c(C#N)c(C)nn3-c3ccccc3)o2)cc1. The number of aryl methyl sites for hydroxylation is 1. The Morgan fingerprint density at radius 1 is 1.10 bits per heavy atom. The van der Waals surface area contributed by atoms with Crippen molar-refractivity contribution in [2.45, 2.75) is 24.8 Å². The molecule has 0 radical (unpaired) electrons. The highest BCUT2D eigenvalue weighted by molar-refractivity contribution is 7.98. The number of nitriles is 1. The third-order valence-corrected chi connectivity index (χ3v) is 5.25. The van der Waals surface area contributed by atoms with Crippen molar-refractivity contribution in [2.24, 2.45) is 0 Å². The second-order valence-corrected chi connectivity index (χ2v) is 7.31. The third-order valence-electron chi connectivity index (χ3n) is 4.42. The summed E-state index contributed by atoms with van der Waals surface area (Å²) in [5.41, 5.74) is 3.78. The molecule has 0 aliphatic carbocycles. The van der Waals surface area contributed by atoms with Crippen molar-refractivity contribution >= 4 is 11.8 Å². The fourth-order valence-corrected chi connectivity index (χ4v) is 3.78. The number of thioether (sulfide) groups is 1. The molecule has 0 aliphatic heterocycles. The maximum absolute atomic E-state index is 9.60. The van der Waals surface area contributed by atoms with Gasteiger partial charge in [0.05, 0.1) is 29.2 Å². The van der Waals surface area contributed by atoms with Crippen molar-refractivity contribution in [3.05, 3.63) is 71.5 Å². The second kappa shape index (κ2) is 8.84. The van der Waals surface area contributed by atoms with Crippen LogP contribution in [0.5, 0.6) is 5.75 Å². The van der Waals surface area contributed by atoms with E-state index in [4.69, 9.17) is 9.15 Å². The van der Waals surface area contributed by atoms with Crippen LogP contribution in [0, 0.1) is 18.3 Å². The first kappa shape index (κ1) is 19.7. The van der Waals surface area contributed by atoms with Crippen LogP contribution >= 0.6 is 11.8 Å². The van der Waals surface area contributed by atoms with Crippen molar-refractivity contribution in [1.29, 1.82) is 5.26 Å². The summed E-state index contributed by atoms with van der Waals surface area (Å²) >= 11 is 1.38. The number of para-hydroxylation sites is 1. The molecule has 4 aromatic rings. The van der Waals surface area contributed by atoms with E-state index in [2.05, 4.69) is 21.4 Å². The van der Waals surface area contributed by atoms with Crippen LogP contribution in [0.4, 0.5) is 0 Å². The van der Waals surface area contributed by atoms with Crippen LogP contribution in [0.1, 0.15) is 23.9 Å². The van der Waals surface area contributed by atoms with Gasteiger partial charge in [0.25, 0.3) is 5.22 Å². The molecule has 0 atom stereocenters. The lowest BCUT2D eigenvalue weighted by Crippen LogP contribution is -2.02. The van der Waals surface area contributed by atoms with Gasteiger partial charge in [-0.2, -0.15) is 10.4 Å². The van der Waals surface area contributed by atoms with Gasteiger partial charge in [0.15, 0.2) is 0 Å². The first-order chi connectivity index (χ1) is 14.7. The number of hydrogen-bond donors (Lipinski definition) is 0. The lowest BCUT2D eigenvalue weighted by Gasteiger charge is -2.06. The molecule has 30 heavy (non-hydrogen) atoms. The molecular formula is C22H19N5O2S. The van der Waals surface area contributed by atoms with Crippen LogP contribution < -0.4 is 4.74 Å². The monoisotopic (exact) mass is 417 g/mol. The van der Waals surface area contributed by atoms with Crippen molar-refractivity contribution in [3.8, 4) is 29.0 Å². The highest BCUT2D eigenvalue weighted by Gasteiger charge is 2.18. The molecule has 4 rings (SSSR count). The number of nitrogens with zero attached hydrogens (tertiary/aromatic N) is 5. The van der Waals surface area contributed by atoms with Gasteiger partial charge < -0.3 is 9.15 Å². The molecule has 0 bridgehead atoms. The Morgan fingerprint density at radius 2 is 1.87 bits per heavy atom. The molecule has 2 heterocycles. The van der Waals surface area contributed by atoms with Crippen LogP contribution in [0.15, 0.2) is 64.2 Å². The van der Waals surface area contributed by atoms with Crippen LogP contribution in [-0.4, -0.2) is 26.6 Å². The van der Waals surface area contributed by atoms with Gasteiger partial charge in [0.2, 0.25) is 5.89 Å². The van der Waals surface area contributed by atoms with Gasteiger partial charge in [0, 0.05) is 11.3 Å². The molecule has 0 unspecified atom stereocenters. The van der Waals surface area contributed by atoms with Gasteiger partial charge in [-0.05, 0) is 50.2 Å². The fraction of sp³-hybridized carbons (Fsp3) is 0.182. The predicted molar refractivity (Wildman–Crippen MR) is 113 cm³/mol. The van der Waals surface area contributed by atoms with Crippen LogP contribution in [-0.2, 0) is 5.75 Å². The minimum Gasteiger partial charge on any atom is -0.494 e. The van der Waals surface area contributed by atoms with Crippen molar-refractivity contribution in [3.63, 3.8) is 0 Å². The average Bonchev–Trinajstić information content (AvgIpc) is 3.37. The molecule has 0 aliphatic rings. The van der Waals surface area contributed by atoms with Gasteiger partial charge in [-0.1, -0.05) is 30.0 Å². The Balaban J connectivity index is 1.54. The van der Waals surface area contributed by atoms with E-state index in [9.17, 15) is 5.26 Å². The zero-order chi connectivity index (χ0) is 20.9. The summed E-state index contributed by atoms with van der Waals surface area (Å²) in [6.07, 6.45) is 0. The van der Waals surface area contributed by atoms with Gasteiger partial charge in [-0.15, -0.1) is 10.2 Å². The Labute approximate surface area is 178 Å². The molecule has 0 N–H and O–H groups in total. The Bertz CT molecular complexity index is 1180. The zero-order valence-electron chi connectivity index (χ0n) is 16.6. The van der Waals surface area contributed by atoms with E-state index < -0.39 is 0 Å². The lowest BCUT2D eigenvalue weighted by atomic mass is 10.2. The minimum absolute atomic E-state index is 0.432. The topological polar surface area (TPSA) is 89.8 Å². The maximum atomic E-state index is 9.60. The number of hydrogen-bond acceptors (Lipinski definition) is 7. The first-order valence-corrected chi connectivity index (χ1v) is 10.4. The summed E-state index contributed by atoms with van der Waals surface area (Å²) in [6.45, 7) is 4.39. The molecule has 0 spiro atoms. The molecule has 7 nitrogen and oxygen atoms in total. The van der Waals surface area contributed by atoms with E-state index >= 15 is 0 Å². The van der Waals surface area contributed by atoms with Gasteiger partial charge in [-0.3, -0.25) is 0 Å². The second-order valence-electron chi connectivity index (χ2n) is 6.39. The fourth-order valence-electron chi connectivity index (χ4n) is 3.01. The van der Waals surface area contributed by atoms with Gasteiger partial charge >= 0.3 is 0 Å².